The number of amidine groups is 1. The van der Waals surface area contributed by atoms with Gasteiger partial charge in [-0.2, -0.15) is 13.2 Å². The third kappa shape index (κ3) is 8.37. The van der Waals surface area contributed by atoms with Gasteiger partial charge in [-0.1, -0.05) is 0 Å². The molecule has 12 nitrogen and oxygen atoms in total. The minimum atomic E-state index is -5.08. The zero-order valence-corrected chi connectivity index (χ0v) is 20.8. The Morgan fingerprint density at radius 3 is 2.08 bits per heavy atom. The van der Waals surface area contributed by atoms with Gasteiger partial charge in [0.1, 0.15) is 17.7 Å². The number of ether oxygens (including phenoxy) is 2. The molecule has 2 amide bonds. The lowest BCUT2D eigenvalue weighted by Gasteiger charge is -2.22. The van der Waals surface area contributed by atoms with Crippen molar-refractivity contribution in [3.05, 3.63) is 77.5 Å². The molecule has 0 bridgehead atoms. The predicted molar refractivity (Wildman–Crippen MR) is 131 cm³/mol. The van der Waals surface area contributed by atoms with E-state index >= 15 is 0 Å². The van der Waals surface area contributed by atoms with Gasteiger partial charge in [-0.15, -0.1) is 0 Å². The van der Waals surface area contributed by atoms with Crippen LogP contribution in [0.3, 0.4) is 0 Å². The van der Waals surface area contributed by atoms with Gasteiger partial charge >= 0.3 is 18.1 Å². The number of alkyl halides is 3. The van der Waals surface area contributed by atoms with Crippen LogP contribution in [0.5, 0.6) is 11.5 Å². The van der Waals surface area contributed by atoms with Crippen molar-refractivity contribution in [1.29, 1.82) is 5.41 Å². The van der Waals surface area contributed by atoms with E-state index in [1.807, 2.05) is 0 Å². The van der Waals surface area contributed by atoms with Gasteiger partial charge in [-0.3, -0.25) is 25.8 Å². The van der Waals surface area contributed by atoms with Crippen molar-refractivity contribution in [2.24, 2.45) is 5.73 Å². The van der Waals surface area contributed by atoms with E-state index in [4.69, 9.17) is 34.9 Å². The predicted octanol–water partition coefficient (Wildman–Crippen LogP) is 2.97. The van der Waals surface area contributed by atoms with Gasteiger partial charge in [0.25, 0.3) is 5.91 Å². The number of halogens is 4. The Morgan fingerprint density at radius 2 is 1.60 bits per heavy atom. The third-order valence-electron chi connectivity index (χ3n) is 4.87. The van der Waals surface area contributed by atoms with E-state index in [1.165, 1.54) is 38.7 Å². The van der Waals surface area contributed by atoms with Crippen molar-refractivity contribution in [3.63, 3.8) is 0 Å². The van der Waals surface area contributed by atoms with Gasteiger partial charge < -0.3 is 30.0 Å². The Labute approximate surface area is 223 Å². The molecule has 0 radical (unpaired) electrons. The van der Waals surface area contributed by atoms with Crippen molar-refractivity contribution in [2.75, 3.05) is 19.5 Å². The highest BCUT2D eigenvalue weighted by Gasteiger charge is 2.38. The Hall–Kier alpha value is -5.28. The molecule has 1 unspecified atom stereocenters. The average Bonchev–Trinajstić information content (AvgIpc) is 3.45. The lowest BCUT2D eigenvalue weighted by molar-refractivity contribution is -0.192. The molecule has 7 N–H and O–H groups in total. The summed E-state index contributed by atoms with van der Waals surface area (Å²) in [4.78, 5) is 34.0. The second-order valence-electron chi connectivity index (χ2n) is 7.52. The second kappa shape index (κ2) is 13.5. The molecule has 1 atom stereocenters. The molecule has 0 saturated heterocycles. The number of anilines is 1. The standard InChI is InChI=1S/C22H22FN5O5.C2HF3O2/c1-31-17-10-14(15(23)11-18(17)32-2)19(26-13-7-5-12(6-8-13)20(24)25)22(30)28-27-21(29)16-4-3-9-33-16;3-2(4,5)1(6)7/h3-11,19,26H,1-2H3,(H3,24,25)(H,27,29)(H,28,30);(H,6,7). The molecule has 16 heteroatoms. The summed E-state index contributed by atoms with van der Waals surface area (Å²) in [5.74, 6) is -4.73. The minimum Gasteiger partial charge on any atom is -0.493 e. The van der Waals surface area contributed by atoms with Crippen LogP contribution < -0.4 is 31.4 Å². The monoisotopic (exact) mass is 569 g/mol. The number of hydrogen-bond donors (Lipinski definition) is 6. The molecular formula is C24H23F4N5O7. The lowest BCUT2D eigenvalue weighted by Crippen LogP contribution is -2.45. The van der Waals surface area contributed by atoms with Crippen LogP contribution >= 0.6 is 0 Å². The van der Waals surface area contributed by atoms with Crippen LogP contribution in [0.2, 0.25) is 0 Å². The maximum Gasteiger partial charge on any atom is 0.490 e. The number of hydrazine groups is 1. The number of rotatable bonds is 8. The molecule has 0 aliphatic carbocycles. The maximum absolute atomic E-state index is 15.0. The van der Waals surface area contributed by atoms with Crippen molar-refractivity contribution in [1.82, 2.24) is 10.9 Å². The molecule has 0 fully saturated rings. The van der Waals surface area contributed by atoms with E-state index in [1.54, 1.807) is 24.3 Å². The van der Waals surface area contributed by atoms with Gasteiger partial charge in [-0.05, 0) is 42.5 Å². The van der Waals surface area contributed by atoms with Crippen molar-refractivity contribution >= 4 is 29.3 Å². The number of nitrogen functional groups attached to an aromatic ring is 1. The van der Waals surface area contributed by atoms with Crippen molar-refractivity contribution in [2.45, 2.75) is 12.2 Å². The highest BCUT2D eigenvalue weighted by atomic mass is 19.4. The molecule has 214 valence electrons. The molecule has 3 aromatic rings. The van der Waals surface area contributed by atoms with E-state index in [0.717, 1.165) is 6.07 Å². The first-order chi connectivity index (χ1) is 18.8. The zero-order valence-electron chi connectivity index (χ0n) is 20.8. The first kappa shape index (κ1) is 30.9. The molecule has 2 aromatic carbocycles. The number of carbonyl (C=O) groups is 3. The molecule has 1 aromatic heterocycles. The van der Waals surface area contributed by atoms with Crippen LogP contribution in [0.4, 0.5) is 23.2 Å². The van der Waals surface area contributed by atoms with E-state index in [0.29, 0.717) is 11.3 Å². The Balaban J connectivity index is 0.000000708. The van der Waals surface area contributed by atoms with Gasteiger partial charge in [0, 0.05) is 22.9 Å². The van der Waals surface area contributed by atoms with Gasteiger partial charge in [-0.25, -0.2) is 9.18 Å². The van der Waals surface area contributed by atoms with E-state index in [2.05, 4.69) is 16.2 Å². The van der Waals surface area contributed by atoms with Crippen molar-refractivity contribution in [3.8, 4) is 11.5 Å². The third-order valence-corrected chi connectivity index (χ3v) is 4.87. The zero-order chi connectivity index (χ0) is 30.0. The largest absolute Gasteiger partial charge is 0.493 e. The topological polar surface area (TPSA) is 189 Å². The Bertz CT molecular complexity index is 1350. The number of carboxylic acid groups (broad SMARTS) is 1. The summed E-state index contributed by atoms with van der Waals surface area (Å²) in [6, 6.07) is 10.4. The first-order valence-corrected chi connectivity index (χ1v) is 10.8. The van der Waals surface area contributed by atoms with Crippen molar-refractivity contribution < 1.29 is 50.9 Å². The van der Waals surface area contributed by atoms with Gasteiger partial charge in [0.15, 0.2) is 17.3 Å². The first-order valence-electron chi connectivity index (χ1n) is 10.8. The molecule has 0 saturated carbocycles. The number of hydrogen-bond acceptors (Lipinski definition) is 8. The second-order valence-corrected chi connectivity index (χ2v) is 7.52. The van der Waals surface area contributed by atoms with E-state index in [9.17, 15) is 27.2 Å². The van der Waals surface area contributed by atoms with E-state index < -0.39 is 35.8 Å². The summed E-state index contributed by atoms with van der Waals surface area (Å²) < 4.78 is 62.0. The summed E-state index contributed by atoms with van der Waals surface area (Å²) in [6.07, 6.45) is -3.77. The molecule has 1 heterocycles. The SMILES string of the molecule is COc1cc(F)c(C(Nc2ccc(C(=N)N)cc2)C(=O)NNC(=O)c2ccco2)cc1OC.O=C(O)C(F)(F)F. The van der Waals surface area contributed by atoms with Crippen LogP contribution in [0.1, 0.15) is 27.7 Å². The summed E-state index contributed by atoms with van der Waals surface area (Å²) in [7, 11) is 2.74. The average molecular weight is 569 g/mol. The summed E-state index contributed by atoms with van der Waals surface area (Å²) in [5, 5.41) is 17.5. The fourth-order valence-electron chi connectivity index (χ4n) is 2.95. The number of aliphatic carboxylic acids is 1. The van der Waals surface area contributed by atoms with Crippen LogP contribution in [0.25, 0.3) is 0 Å². The summed E-state index contributed by atoms with van der Waals surface area (Å²) in [5.41, 5.74) is 10.8. The molecule has 0 spiro atoms. The summed E-state index contributed by atoms with van der Waals surface area (Å²) in [6.45, 7) is 0. The number of furan rings is 1. The molecule has 3 rings (SSSR count). The number of carboxylic acids is 1. The van der Waals surface area contributed by atoms with Crippen LogP contribution in [-0.4, -0.2) is 49.1 Å². The summed E-state index contributed by atoms with van der Waals surface area (Å²) >= 11 is 0. The fourth-order valence-corrected chi connectivity index (χ4v) is 2.95. The Morgan fingerprint density at radius 1 is 1.02 bits per heavy atom. The molecule has 0 aliphatic heterocycles. The normalized spacial score (nSPS) is 11.2. The lowest BCUT2D eigenvalue weighted by atomic mass is 10.0. The number of benzene rings is 2. The molecule has 40 heavy (non-hydrogen) atoms. The number of nitrogens with one attached hydrogen (secondary N) is 4. The highest BCUT2D eigenvalue weighted by molar-refractivity contribution is 5.96. The quantitative estimate of drug-likeness (QED) is 0.103. The smallest absolute Gasteiger partial charge is 0.490 e. The molecular weight excluding hydrogens is 546 g/mol. The number of carbonyl (C=O) groups excluding carboxylic acids is 2. The number of amides is 2. The van der Waals surface area contributed by atoms with Gasteiger partial charge in [0.2, 0.25) is 0 Å². The molecule has 0 aliphatic rings. The van der Waals surface area contributed by atoms with Crippen LogP contribution in [0, 0.1) is 11.2 Å². The number of methoxy groups -OCH3 is 2. The fraction of sp³-hybridized carbons (Fsp3) is 0.167. The van der Waals surface area contributed by atoms with E-state index in [-0.39, 0.29) is 28.7 Å². The van der Waals surface area contributed by atoms with Crippen LogP contribution in [0.15, 0.2) is 59.2 Å². The minimum absolute atomic E-state index is 0.0167. The van der Waals surface area contributed by atoms with Gasteiger partial charge in [0.05, 0.1) is 20.5 Å². The maximum atomic E-state index is 15.0. The highest BCUT2D eigenvalue weighted by Crippen LogP contribution is 2.34. The number of nitrogens with two attached hydrogens (primary N) is 1. The van der Waals surface area contributed by atoms with Crippen LogP contribution in [-0.2, 0) is 9.59 Å². The Kier molecular flexibility index (Phi) is 10.4.